The molecular formula is C15H16N2O7S. The second-order valence-electron chi connectivity index (χ2n) is 4.77. The third-order valence-electron chi connectivity index (χ3n) is 3.27. The Bertz CT molecular complexity index is 854. The fourth-order valence-electron chi connectivity index (χ4n) is 2.10. The maximum Gasteiger partial charge on any atom is 0.269 e. The quantitative estimate of drug-likeness (QED) is 0.589. The van der Waals surface area contributed by atoms with Crippen LogP contribution in [0.2, 0.25) is 0 Å². The highest BCUT2D eigenvalue weighted by Gasteiger charge is 2.19. The minimum atomic E-state index is -3.95. The minimum absolute atomic E-state index is 0.119. The van der Waals surface area contributed by atoms with Gasteiger partial charge in [0.05, 0.1) is 36.8 Å². The van der Waals surface area contributed by atoms with Crippen molar-refractivity contribution >= 4 is 21.4 Å². The maximum absolute atomic E-state index is 12.4. The van der Waals surface area contributed by atoms with Crippen molar-refractivity contribution in [2.75, 3.05) is 26.1 Å². The molecule has 0 radical (unpaired) electrons. The van der Waals surface area contributed by atoms with E-state index in [-0.39, 0.29) is 27.8 Å². The molecule has 2 rings (SSSR count). The van der Waals surface area contributed by atoms with E-state index in [1.807, 2.05) is 0 Å². The molecule has 0 saturated heterocycles. The normalized spacial score (nSPS) is 10.8. The van der Waals surface area contributed by atoms with Gasteiger partial charge < -0.3 is 14.2 Å². The SMILES string of the molecule is COc1cc(NS(=O)(=O)c2ccc([N+](=O)[O-])cc2)cc(OC)c1OC. The molecule has 10 heteroatoms. The van der Waals surface area contributed by atoms with Crippen LogP contribution in [0.1, 0.15) is 0 Å². The fraction of sp³-hybridized carbons (Fsp3) is 0.200. The first-order chi connectivity index (χ1) is 11.8. The van der Waals surface area contributed by atoms with Gasteiger partial charge >= 0.3 is 0 Å². The molecule has 134 valence electrons. The van der Waals surface area contributed by atoms with Gasteiger partial charge in [0.2, 0.25) is 5.75 Å². The Morgan fingerprint density at radius 1 is 0.960 bits per heavy atom. The Morgan fingerprint density at radius 3 is 1.88 bits per heavy atom. The number of hydrogen-bond donors (Lipinski definition) is 1. The van der Waals surface area contributed by atoms with E-state index in [4.69, 9.17) is 14.2 Å². The van der Waals surface area contributed by atoms with Crippen LogP contribution in [-0.4, -0.2) is 34.7 Å². The summed E-state index contributed by atoms with van der Waals surface area (Å²) < 4.78 is 42.8. The molecule has 0 bridgehead atoms. The third kappa shape index (κ3) is 3.91. The van der Waals surface area contributed by atoms with Crippen molar-refractivity contribution in [3.63, 3.8) is 0 Å². The van der Waals surface area contributed by atoms with Crippen LogP contribution < -0.4 is 18.9 Å². The minimum Gasteiger partial charge on any atom is -0.493 e. The largest absolute Gasteiger partial charge is 0.493 e. The van der Waals surface area contributed by atoms with Gasteiger partial charge in [-0.05, 0) is 12.1 Å². The molecule has 25 heavy (non-hydrogen) atoms. The van der Waals surface area contributed by atoms with Crippen LogP contribution in [0.25, 0.3) is 0 Å². The van der Waals surface area contributed by atoms with E-state index in [1.54, 1.807) is 0 Å². The molecule has 0 heterocycles. The summed E-state index contributed by atoms with van der Waals surface area (Å²) in [6.45, 7) is 0. The Labute approximate surface area is 144 Å². The molecule has 9 nitrogen and oxygen atoms in total. The first kappa shape index (κ1) is 18.3. The summed E-state index contributed by atoms with van der Waals surface area (Å²) >= 11 is 0. The predicted octanol–water partition coefficient (Wildman–Crippen LogP) is 2.42. The van der Waals surface area contributed by atoms with E-state index >= 15 is 0 Å². The number of nitrogens with zero attached hydrogens (tertiary/aromatic N) is 1. The Hall–Kier alpha value is -3.01. The number of non-ortho nitro benzene ring substituents is 1. The zero-order chi connectivity index (χ0) is 18.6. The number of nitro benzene ring substituents is 1. The summed E-state index contributed by atoms with van der Waals surface area (Å²) in [5, 5.41) is 10.7. The van der Waals surface area contributed by atoms with E-state index < -0.39 is 14.9 Å². The molecule has 0 atom stereocenters. The predicted molar refractivity (Wildman–Crippen MR) is 90.0 cm³/mol. The number of rotatable bonds is 7. The van der Waals surface area contributed by atoms with Gasteiger partial charge in [-0.3, -0.25) is 14.8 Å². The number of hydrogen-bond acceptors (Lipinski definition) is 7. The second-order valence-corrected chi connectivity index (χ2v) is 6.45. The molecule has 0 spiro atoms. The zero-order valence-electron chi connectivity index (χ0n) is 13.7. The van der Waals surface area contributed by atoms with E-state index in [9.17, 15) is 18.5 Å². The van der Waals surface area contributed by atoms with Crippen LogP contribution in [0.15, 0.2) is 41.3 Å². The van der Waals surface area contributed by atoms with Crippen LogP contribution in [0.4, 0.5) is 11.4 Å². The van der Waals surface area contributed by atoms with Crippen molar-refractivity contribution in [3.8, 4) is 17.2 Å². The van der Waals surface area contributed by atoms with Crippen LogP contribution in [0, 0.1) is 10.1 Å². The molecule has 0 aliphatic carbocycles. The molecule has 0 aliphatic heterocycles. The molecule has 0 aromatic heterocycles. The molecule has 0 aliphatic rings. The Morgan fingerprint density at radius 2 is 1.48 bits per heavy atom. The van der Waals surface area contributed by atoms with Crippen molar-refractivity contribution in [1.82, 2.24) is 0 Å². The van der Waals surface area contributed by atoms with Gasteiger partial charge in [-0.15, -0.1) is 0 Å². The van der Waals surface area contributed by atoms with Crippen molar-refractivity contribution in [2.24, 2.45) is 0 Å². The third-order valence-corrected chi connectivity index (χ3v) is 4.67. The summed E-state index contributed by atoms with van der Waals surface area (Å²) in [4.78, 5) is 9.93. The van der Waals surface area contributed by atoms with Crippen molar-refractivity contribution < 1.29 is 27.6 Å². The van der Waals surface area contributed by atoms with Gasteiger partial charge in [0.1, 0.15) is 0 Å². The van der Waals surface area contributed by atoms with Crippen molar-refractivity contribution in [3.05, 3.63) is 46.5 Å². The molecule has 0 saturated carbocycles. The molecule has 0 amide bonds. The van der Waals surface area contributed by atoms with Gasteiger partial charge in [0, 0.05) is 24.3 Å². The molecular weight excluding hydrogens is 352 g/mol. The lowest BCUT2D eigenvalue weighted by molar-refractivity contribution is -0.384. The first-order valence-corrected chi connectivity index (χ1v) is 8.38. The van der Waals surface area contributed by atoms with Gasteiger partial charge in [-0.1, -0.05) is 0 Å². The summed E-state index contributed by atoms with van der Waals surface area (Å²) in [5.41, 5.74) is -0.0143. The van der Waals surface area contributed by atoms with Crippen LogP contribution in [0.5, 0.6) is 17.2 Å². The number of benzene rings is 2. The average Bonchev–Trinajstić information content (AvgIpc) is 2.60. The number of anilines is 1. The molecule has 2 aromatic carbocycles. The molecule has 1 N–H and O–H groups in total. The van der Waals surface area contributed by atoms with Crippen LogP contribution in [-0.2, 0) is 10.0 Å². The topological polar surface area (TPSA) is 117 Å². The van der Waals surface area contributed by atoms with Gasteiger partial charge in [-0.25, -0.2) is 8.42 Å². The standard InChI is InChI=1S/C15H16N2O7S/c1-22-13-8-10(9-14(23-2)15(13)24-3)16-25(20,21)12-6-4-11(5-7-12)17(18)19/h4-9,16H,1-3H3. The number of sulfonamides is 1. The lowest BCUT2D eigenvalue weighted by atomic mass is 10.2. The van der Waals surface area contributed by atoms with Crippen molar-refractivity contribution in [1.29, 1.82) is 0 Å². The zero-order valence-corrected chi connectivity index (χ0v) is 14.5. The number of ether oxygens (including phenoxy) is 3. The lowest BCUT2D eigenvalue weighted by Crippen LogP contribution is -2.13. The highest BCUT2D eigenvalue weighted by molar-refractivity contribution is 7.92. The average molecular weight is 368 g/mol. The molecule has 0 unspecified atom stereocenters. The van der Waals surface area contributed by atoms with Crippen molar-refractivity contribution in [2.45, 2.75) is 4.90 Å². The second kappa shape index (κ2) is 7.26. The summed E-state index contributed by atoms with van der Waals surface area (Å²) in [5.74, 6) is 0.884. The highest BCUT2D eigenvalue weighted by atomic mass is 32.2. The highest BCUT2D eigenvalue weighted by Crippen LogP contribution is 2.40. The number of nitrogens with one attached hydrogen (secondary N) is 1. The first-order valence-electron chi connectivity index (χ1n) is 6.89. The monoisotopic (exact) mass is 368 g/mol. The molecule has 2 aromatic rings. The van der Waals surface area contributed by atoms with Gasteiger partial charge in [0.25, 0.3) is 15.7 Å². The van der Waals surface area contributed by atoms with Crippen LogP contribution >= 0.6 is 0 Å². The summed E-state index contributed by atoms with van der Waals surface area (Å²) in [6.07, 6.45) is 0. The fourth-order valence-corrected chi connectivity index (χ4v) is 3.14. The Balaban J connectivity index is 2.38. The van der Waals surface area contributed by atoms with E-state index in [0.717, 1.165) is 24.3 Å². The van der Waals surface area contributed by atoms with Gasteiger partial charge in [-0.2, -0.15) is 0 Å². The van der Waals surface area contributed by atoms with E-state index in [0.29, 0.717) is 5.75 Å². The Kier molecular flexibility index (Phi) is 5.32. The van der Waals surface area contributed by atoms with E-state index in [2.05, 4.69) is 4.72 Å². The lowest BCUT2D eigenvalue weighted by Gasteiger charge is -2.15. The summed E-state index contributed by atoms with van der Waals surface area (Å²) in [7, 11) is 0.299. The van der Waals surface area contributed by atoms with Gasteiger partial charge in [0.15, 0.2) is 11.5 Å². The maximum atomic E-state index is 12.4. The van der Waals surface area contributed by atoms with Crippen LogP contribution in [0.3, 0.4) is 0 Å². The summed E-state index contributed by atoms with van der Waals surface area (Å²) in [6, 6.07) is 7.40. The number of methoxy groups -OCH3 is 3. The van der Waals surface area contributed by atoms with E-state index in [1.165, 1.54) is 33.5 Å². The number of nitro groups is 1. The molecule has 0 fully saturated rings. The smallest absolute Gasteiger partial charge is 0.269 e.